The number of unbranched alkanes of at least 4 members (excludes halogenated alkanes) is 1. The smallest absolute Gasteiger partial charge is 0.341 e. The van der Waals surface area contributed by atoms with E-state index >= 15 is 0 Å². The van der Waals surface area contributed by atoms with Crippen LogP contribution in [0.15, 0.2) is 54.6 Å². The van der Waals surface area contributed by atoms with Crippen molar-refractivity contribution < 1.29 is 23.9 Å². The zero-order valence-corrected chi connectivity index (χ0v) is 22.0. The van der Waals surface area contributed by atoms with Gasteiger partial charge in [-0.25, -0.2) is 9.59 Å². The molecule has 1 aliphatic carbocycles. The largest absolute Gasteiger partial charge is 0.459 e. The van der Waals surface area contributed by atoms with Crippen LogP contribution in [0.25, 0.3) is 0 Å². The second kappa shape index (κ2) is 12.8. The molecule has 0 aromatic heterocycles. The van der Waals surface area contributed by atoms with Crippen LogP contribution in [-0.2, 0) is 43.3 Å². The van der Waals surface area contributed by atoms with Gasteiger partial charge in [0.05, 0.1) is 6.04 Å². The van der Waals surface area contributed by atoms with E-state index in [1.165, 1.54) is 4.90 Å². The number of ether oxygens (including phenoxy) is 2. The molecule has 0 radical (unpaired) electrons. The van der Waals surface area contributed by atoms with Crippen LogP contribution in [0.5, 0.6) is 0 Å². The van der Waals surface area contributed by atoms with E-state index in [0.717, 1.165) is 23.1 Å². The van der Waals surface area contributed by atoms with Gasteiger partial charge in [0.25, 0.3) is 0 Å². The number of nitrogens with two attached hydrogens (primary N) is 2. The molecule has 200 valence electrons. The Morgan fingerprint density at radius 3 is 2.11 bits per heavy atom. The van der Waals surface area contributed by atoms with Crippen molar-refractivity contribution in [2.24, 2.45) is 11.5 Å². The quantitative estimate of drug-likeness (QED) is 0.271. The maximum Gasteiger partial charge on any atom is 0.341 e. The molecule has 8 nitrogen and oxygen atoms in total. The van der Waals surface area contributed by atoms with Crippen LogP contribution >= 0.6 is 0 Å². The normalized spacial score (nSPS) is 14.9. The summed E-state index contributed by atoms with van der Waals surface area (Å²) < 4.78 is 11.2. The van der Waals surface area contributed by atoms with Gasteiger partial charge < -0.3 is 25.8 Å². The molecule has 37 heavy (non-hydrogen) atoms. The highest BCUT2D eigenvalue weighted by atomic mass is 16.6. The summed E-state index contributed by atoms with van der Waals surface area (Å²) in [6, 6.07) is 14.1. The molecule has 0 aliphatic heterocycles. The van der Waals surface area contributed by atoms with Crippen LogP contribution in [0.4, 0.5) is 0 Å². The Labute approximate surface area is 219 Å². The van der Waals surface area contributed by atoms with Gasteiger partial charge in [0, 0.05) is 6.04 Å². The predicted molar refractivity (Wildman–Crippen MR) is 141 cm³/mol. The molecule has 1 aliphatic rings. The Morgan fingerprint density at radius 1 is 0.946 bits per heavy atom. The van der Waals surface area contributed by atoms with Crippen molar-refractivity contribution in [3.63, 3.8) is 0 Å². The molecule has 1 unspecified atom stereocenters. The van der Waals surface area contributed by atoms with Gasteiger partial charge >= 0.3 is 11.9 Å². The standard InChI is InChI=1S/C29H39N3O5/c1-29(2,3)37-28(35)25(27(34)36-19-20-11-5-4-6-12-20)32(26(33)24(31)15-9-10-16-30)23-17-21-13-7-8-14-22(21)18-23/h4-8,11-14,23-25H,9-10,15-19,30-31H2,1-3H3/t24-,25?/m0/s1. The van der Waals surface area contributed by atoms with E-state index < -0.39 is 41.6 Å². The van der Waals surface area contributed by atoms with Crippen LogP contribution in [0.1, 0.15) is 56.7 Å². The first kappa shape index (κ1) is 28.3. The maximum atomic E-state index is 13.8. The molecule has 2 atom stereocenters. The van der Waals surface area contributed by atoms with Crippen molar-refractivity contribution in [1.82, 2.24) is 4.90 Å². The van der Waals surface area contributed by atoms with Gasteiger partial charge in [0.1, 0.15) is 12.2 Å². The molecular formula is C29H39N3O5. The summed E-state index contributed by atoms with van der Waals surface area (Å²) in [4.78, 5) is 42.2. The molecule has 0 heterocycles. The second-order valence-corrected chi connectivity index (χ2v) is 10.5. The third-order valence-corrected chi connectivity index (χ3v) is 6.32. The zero-order valence-electron chi connectivity index (χ0n) is 22.0. The molecule has 0 fully saturated rings. The van der Waals surface area contributed by atoms with E-state index in [2.05, 4.69) is 0 Å². The van der Waals surface area contributed by atoms with Gasteiger partial charge in [-0.3, -0.25) is 4.79 Å². The fourth-order valence-corrected chi connectivity index (χ4v) is 4.56. The molecule has 0 saturated heterocycles. The predicted octanol–water partition coefficient (Wildman–Crippen LogP) is 2.89. The summed E-state index contributed by atoms with van der Waals surface area (Å²) in [6.45, 7) is 5.61. The minimum Gasteiger partial charge on any atom is -0.459 e. The maximum absolute atomic E-state index is 13.8. The molecule has 2 aromatic rings. The number of nitrogens with zero attached hydrogens (tertiary/aromatic N) is 1. The van der Waals surface area contributed by atoms with Crippen LogP contribution in [0.2, 0.25) is 0 Å². The highest BCUT2D eigenvalue weighted by molar-refractivity contribution is 6.03. The number of fused-ring (bicyclic) bond motifs is 1. The molecule has 3 rings (SSSR count). The summed E-state index contributed by atoms with van der Waals surface area (Å²) in [5.74, 6) is -2.14. The van der Waals surface area contributed by atoms with E-state index in [1.54, 1.807) is 20.8 Å². The molecular weight excluding hydrogens is 470 g/mol. The highest BCUT2D eigenvalue weighted by Gasteiger charge is 2.46. The Kier molecular flexibility index (Phi) is 9.83. The van der Waals surface area contributed by atoms with Crippen LogP contribution in [-0.4, -0.2) is 53.0 Å². The first-order valence-corrected chi connectivity index (χ1v) is 12.9. The van der Waals surface area contributed by atoms with E-state index in [-0.39, 0.29) is 6.61 Å². The van der Waals surface area contributed by atoms with Crippen LogP contribution in [0, 0.1) is 0 Å². The minimum absolute atomic E-state index is 0.0333. The molecule has 0 saturated carbocycles. The number of benzene rings is 2. The monoisotopic (exact) mass is 509 g/mol. The number of esters is 2. The van der Waals surface area contributed by atoms with Crippen molar-refractivity contribution in [3.05, 3.63) is 71.3 Å². The number of hydrogen-bond acceptors (Lipinski definition) is 7. The van der Waals surface area contributed by atoms with Crippen molar-refractivity contribution in [2.45, 2.75) is 83.2 Å². The Balaban J connectivity index is 1.94. The lowest BCUT2D eigenvalue weighted by atomic mass is 10.0. The Bertz CT molecular complexity index is 1040. The van der Waals surface area contributed by atoms with Gasteiger partial charge in [0.15, 0.2) is 0 Å². The van der Waals surface area contributed by atoms with Crippen molar-refractivity contribution in [3.8, 4) is 0 Å². The zero-order chi connectivity index (χ0) is 27.0. The van der Waals surface area contributed by atoms with Crippen molar-refractivity contribution in [2.75, 3.05) is 6.54 Å². The Morgan fingerprint density at radius 2 is 1.54 bits per heavy atom. The summed E-state index contributed by atoms with van der Waals surface area (Å²) in [5, 5.41) is 0. The molecule has 4 N–H and O–H groups in total. The van der Waals surface area contributed by atoms with Crippen molar-refractivity contribution in [1.29, 1.82) is 0 Å². The third kappa shape index (κ3) is 7.87. The van der Waals surface area contributed by atoms with Gasteiger partial charge in [-0.2, -0.15) is 0 Å². The first-order valence-electron chi connectivity index (χ1n) is 12.9. The van der Waals surface area contributed by atoms with E-state index in [0.29, 0.717) is 32.2 Å². The summed E-state index contributed by atoms with van der Waals surface area (Å²) >= 11 is 0. The second-order valence-electron chi connectivity index (χ2n) is 10.5. The fraction of sp³-hybridized carbons (Fsp3) is 0.483. The molecule has 1 amide bonds. The van der Waals surface area contributed by atoms with Gasteiger partial charge in [0.2, 0.25) is 11.9 Å². The lowest BCUT2D eigenvalue weighted by molar-refractivity contribution is -0.177. The molecule has 8 heteroatoms. The topological polar surface area (TPSA) is 125 Å². The molecule has 0 bridgehead atoms. The molecule has 2 aromatic carbocycles. The van der Waals surface area contributed by atoms with Crippen LogP contribution in [0.3, 0.4) is 0 Å². The van der Waals surface area contributed by atoms with Gasteiger partial charge in [-0.1, -0.05) is 61.0 Å². The van der Waals surface area contributed by atoms with Crippen LogP contribution < -0.4 is 11.5 Å². The number of carbonyl (C=O) groups excluding carboxylic acids is 3. The minimum atomic E-state index is -1.57. The van der Waals surface area contributed by atoms with Gasteiger partial charge in [-0.05, 0) is 69.7 Å². The summed E-state index contributed by atoms with van der Waals surface area (Å²) in [5.41, 5.74) is 14.0. The van der Waals surface area contributed by atoms with Crippen molar-refractivity contribution >= 4 is 17.8 Å². The summed E-state index contributed by atoms with van der Waals surface area (Å²) in [6.07, 6.45) is 2.79. The lowest BCUT2D eigenvalue weighted by Crippen LogP contribution is -2.60. The average Bonchev–Trinajstić information content (AvgIpc) is 3.28. The van der Waals surface area contributed by atoms with E-state index in [1.807, 2.05) is 54.6 Å². The fourth-order valence-electron chi connectivity index (χ4n) is 4.56. The highest BCUT2D eigenvalue weighted by Crippen LogP contribution is 2.29. The first-order chi connectivity index (χ1) is 17.6. The van der Waals surface area contributed by atoms with E-state index in [4.69, 9.17) is 20.9 Å². The lowest BCUT2D eigenvalue weighted by Gasteiger charge is -2.36. The molecule has 0 spiro atoms. The van der Waals surface area contributed by atoms with Gasteiger partial charge in [-0.15, -0.1) is 0 Å². The third-order valence-electron chi connectivity index (χ3n) is 6.32. The number of carbonyl (C=O) groups is 3. The summed E-state index contributed by atoms with van der Waals surface area (Å²) in [7, 11) is 0. The number of amides is 1. The Hall–Kier alpha value is -3.23. The SMILES string of the molecule is CC(C)(C)OC(=O)C(C(=O)OCc1ccccc1)N(C(=O)[C@@H](N)CCCCN)C1Cc2ccccc2C1. The number of hydrogen-bond donors (Lipinski definition) is 2. The average molecular weight is 510 g/mol. The number of rotatable bonds is 11. The van der Waals surface area contributed by atoms with E-state index in [9.17, 15) is 14.4 Å².